The molecule has 5 rings (SSSR count). The fourth-order valence-corrected chi connectivity index (χ4v) is 6.32. The Balaban J connectivity index is 1.48. The van der Waals surface area contributed by atoms with E-state index in [1.54, 1.807) is 12.1 Å². The number of rotatable bonds is 4. The number of likely N-dealkylation sites (N-methyl/N-ethyl adjacent to an activating group) is 1. The van der Waals surface area contributed by atoms with Crippen LogP contribution in [0.5, 0.6) is 5.75 Å². The maximum atomic E-state index is 13.3. The number of hydrogen-bond donors (Lipinski definition) is 2. The molecule has 2 aliphatic rings. The maximum Gasteiger partial charge on any atom is 0.303 e. The zero-order chi connectivity index (χ0) is 24.6. The van der Waals surface area contributed by atoms with E-state index in [1.165, 1.54) is 6.92 Å². The van der Waals surface area contributed by atoms with Crippen molar-refractivity contribution >= 4 is 22.6 Å². The van der Waals surface area contributed by atoms with Gasteiger partial charge in [-0.15, -0.1) is 0 Å². The summed E-state index contributed by atoms with van der Waals surface area (Å²) >= 11 is 0. The molecule has 0 radical (unpaired) electrons. The van der Waals surface area contributed by atoms with Crippen molar-refractivity contribution in [2.24, 2.45) is 0 Å². The van der Waals surface area contributed by atoms with Crippen molar-refractivity contribution in [1.29, 1.82) is 0 Å². The molecule has 0 aromatic heterocycles. The number of ether oxygens (including phenoxy) is 1. The van der Waals surface area contributed by atoms with Crippen LogP contribution in [-0.4, -0.2) is 53.7 Å². The Bertz CT molecular complexity index is 1270. The predicted octanol–water partition coefficient (Wildman–Crippen LogP) is 4.40. The SMILES string of the molecule is CC(=O)O[C@]12CC[C@H](NC(=O)c3ccc4ccccc4c3)C[C@]1(c1cccc(O)c1)CCN(C)C2. The summed E-state index contributed by atoms with van der Waals surface area (Å²) in [5, 5.41) is 15.7. The molecule has 35 heavy (non-hydrogen) atoms. The van der Waals surface area contributed by atoms with Crippen LogP contribution in [0.25, 0.3) is 10.8 Å². The molecule has 6 heteroatoms. The van der Waals surface area contributed by atoms with Gasteiger partial charge in [0.2, 0.25) is 0 Å². The molecule has 1 aliphatic heterocycles. The summed E-state index contributed by atoms with van der Waals surface area (Å²) in [6, 6.07) is 21.0. The first-order chi connectivity index (χ1) is 16.8. The van der Waals surface area contributed by atoms with Gasteiger partial charge in [-0.3, -0.25) is 9.59 Å². The molecule has 3 atom stereocenters. The van der Waals surface area contributed by atoms with E-state index in [2.05, 4.69) is 10.2 Å². The number of esters is 1. The minimum atomic E-state index is -0.718. The van der Waals surface area contributed by atoms with Gasteiger partial charge >= 0.3 is 5.97 Å². The largest absolute Gasteiger partial charge is 0.508 e. The second-order valence-electron chi connectivity index (χ2n) is 10.2. The van der Waals surface area contributed by atoms with Crippen molar-refractivity contribution in [1.82, 2.24) is 10.2 Å². The Morgan fingerprint density at radius 3 is 2.60 bits per heavy atom. The number of likely N-dealkylation sites (tertiary alicyclic amines) is 1. The number of nitrogens with one attached hydrogen (secondary N) is 1. The lowest BCUT2D eigenvalue weighted by molar-refractivity contribution is -0.185. The van der Waals surface area contributed by atoms with Gasteiger partial charge in [0.1, 0.15) is 11.4 Å². The van der Waals surface area contributed by atoms with Crippen LogP contribution in [-0.2, 0) is 14.9 Å². The standard InChI is InChI=1S/C29H32N2O4/c1-20(32)35-29-13-12-25(30-27(34)23-11-10-21-6-3-4-7-22(21)16-23)18-28(29,14-15-31(2)19-29)24-8-5-9-26(33)17-24/h3-11,16-17,25,33H,12-15,18-19H2,1-2H3,(H,30,34)/t25-,28-,29-/m0/s1. The number of phenols is 1. The van der Waals surface area contributed by atoms with Crippen molar-refractivity contribution in [2.75, 3.05) is 20.1 Å². The van der Waals surface area contributed by atoms with Crippen LogP contribution in [0.1, 0.15) is 48.5 Å². The topological polar surface area (TPSA) is 78.9 Å². The van der Waals surface area contributed by atoms with Crippen molar-refractivity contribution in [3.63, 3.8) is 0 Å². The van der Waals surface area contributed by atoms with Crippen molar-refractivity contribution in [3.8, 4) is 5.75 Å². The second-order valence-corrected chi connectivity index (χ2v) is 10.2. The highest BCUT2D eigenvalue weighted by Crippen LogP contribution is 2.54. The van der Waals surface area contributed by atoms with Crippen LogP contribution in [0.3, 0.4) is 0 Å². The molecular formula is C29H32N2O4. The van der Waals surface area contributed by atoms with E-state index in [1.807, 2.05) is 61.6 Å². The molecule has 0 bridgehead atoms. The lowest BCUT2D eigenvalue weighted by Crippen LogP contribution is -2.68. The van der Waals surface area contributed by atoms with Crippen molar-refractivity contribution in [2.45, 2.75) is 49.7 Å². The number of piperidine rings is 1. The van der Waals surface area contributed by atoms with Crippen LogP contribution >= 0.6 is 0 Å². The average Bonchev–Trinajstić information content (AvgIpc) is 2.83. The lowest BCUT2D eigenvalue weighted by atomic mass is 9.55. The summed E-state index contributed by atoms with van der Waals surface area (Å²) < 4.78 is 6.16. The van der Waals surface area contributed by atoms with E-state index in [-0.39, 0.29) is 23.7 Å². The monoisotopic (exact) mass is 472 g/mol. The van der Waals surface area contributed by atoms with Crippen LogP contribution in [0.4, 0.5) is 0 Å². The Labute approximate surface area is 205 Å². The first-order valence-corrected chi connectivity index (χ1v) is 12.3. The summed E-state index contributed by atoms with van der Waals surface area (Å²) in [7, 11) is 2.05. The minimum Gasteiger partial charge on any atom is -0.508 e. The van der Waals surface area contributed by atoms with Gasteiger partial charge in [-0.25, -0.2) is 0 Å². The number of hydrogen-bond acceptors (Lipinski definition) is 5. The quantitative estimate of drug-likeness (QED) is 0.550. The normalized spacial score (nSPS) is 26.6. The van der Waals surface area contributed by atoms with E-state index in [9.17, 15) is 14.7 Å². The maximum absolute atomic E-state index is 13.3. The third-order valence-electron chi connectivity index (χ3n) is 7.89. The fraction of sp³-hybridized carbons (Fsp3) is 0.379. The van der Waals surface area contributed by atoms with E-state index >= 15 is 0 Å². The Morgan fingerprint density at radius 1 is 1.03 bits per heavy atom. The van der Waals surface area contributed by atoms with Crippen LogP contribution in [0.15, 0.2) is 66.7 Å². The third-order valence-corrected chi connectivity index (χ3v) is 7.89. The Hall–Kier alpha value is -3.38. The lowest BCUT2D eigenvalue weighted by Gasteiger charge is -2.59. The number of fused-ring (bicyclic) bond motifs is 2. The molecular weight excluding hydrogens is 440 g/mol. The zero-order valence-electron chi connectivity index (χ0n) is 20.3. The molecule has 3 aromatic carbocycles. The minimum absolute atomic E-state index is 0.0802. The van der Waals surface area contributed by atoms with Gasteiger partial charge in [-0.1, -0.05) is 42.5 Å². The zero-order valence-corrected chi connectivity index (χ0v) is 20.3. The van der Waals surface area contributed by atoms with Gasteiger partial charge in [-0.2, -0.15) is 0 Å². The van der Waals surface area contributed by atoms with Crippen LogP contribution < -0.4 is 5.32 Å². The summed E-state index contributed by atoms with van der Waals surface area (Å²) in [5.41, 5.74) is 0.361. The molecule has 182 valence electrons. The highest BCUT2D eigenvalue weighted by molar-refractivity contribution is 5.98. The first-order valence-electron chi connectivity index (χ1n) is 12.3. The highest BCUT2D eigenvalue weighted by atomic mass is 16.6. The smallest absolute Gasteiger partial charge is 0.303 e. The number of benzene rings is 3. The van der Waals surface area contributed by atoms with Crippen LogP contribution in [0.2, 0.25) is 0 Å². The molecule has 1 heterocycles. The van der Waals surface area contributed by atoms with Gasteiger partial charge in [-0.05, 0) is 79.9 Å². The molecule has 2 fully saturated rings. The number of phenolic OH excluding ortho intramolecular Hbond substituents is 1. The van der Waals surface area contributed by atoms with Crippen molar-refractivity contribution < 1.29 is 19.4 Å². The van der Waals surface area contributed by atoms with Gasteiger partial charge in [0.15, 0.2) is 0 Å². The van der Waals surface area contributed by atoms with Crippen molar-refractivity contribution in [3.05, 3.63) is 77.9 Å². The van der Waals surface area contributed by atoms with Gasteiger partial charge in [0.05, 0.1) is 0 Å². The highest BCUT2D eigenvalue weighted by Gasteiger charge is 2.60. The Kier molecular flexibility index (Phi) is 6.01. The number of carbonyl (C=O) groups excluding carboxylic acids is 2. The summed E-state index contributed by atoms with van der Waals surface area (Å²) in [6.45, 7) is 2.92. The summed E-state index contributed by atoms with van der Waals surface area (Å²) in [4.78, 5) is 27.8. The number of nitrogens with zero attached hydrogens (tertiary/aromatic N) is 1. The molecule has 1 aliphatic carbocycles. The molecule has 2 N–H and O–H groups in total. The molecule has 6 nitrogen and oxygen atoms in total. The first kappa shape index (κ1) is 23.4. The average molecular weight is 473 g/mol. The summed E-state index contributed by atoms with van der Waals surface area (Å²) in [5.74, 6) is -0.210. The fourth-order valence-electron chi connectivity index (χ4n) is 6.32. The summed E-state index contributed by atoms with van der Waals surface area (Å²) in [6.07, 6.45) is 2.75. The van der Waals surface area contributed by atoms with Gasteiger partial charge in [0.25, 0.3) is 5.91 Å². The molecule has 0 unspecified atom stereocenters. The predicted molar refractivity (Wildman–Crippen MR) is 135 cm³/mol. The van der Waals surface area contributed by atoms with E-state index < -0.39 is 11.0 Å². The number of amides is 1. The Morgan fingerprint density at radius 2 is 1.83 bits per heavy atom. The molecule has 0 spiro atoms. The van der Waals surface area contributed by atoms with E-state index in [0.717, 1.165) is 29.3 Å². The number of aromatic hydroxyl groups is 1. The second kappa shape index (κ2) is 9.00. The number of carbonyl (C=O) groups is 2. The third kappa shape index (κ3) is 4.27. The molecule has 3 aromatic rings. The molecule has 1 saturated heterocycles. The van der Waals surface area contributed by atoms with Gasteiger partial charge < -0.3 is 20.1 Å². The van der Waals surface area contributed by atoms with Crippen LogP contribution in [0, 0.1) is 0 Å². The van der Waals surface area contributed by atoms with E-state index in [4.69, 9.17) is 4.74 Å². The molecule has 1 amide bonds. The van der Waals surface area contributed by atoms with Gasteiger partial charge in [0, 0.05) is 30.5 Å². The van der Waals surface area contributed by atoms with E-state index in [0.29, 0.717) is 31.4 Å². The molecule has 1 saturated carbocycles.